The SMILES string of the molecule is COc1cc(CN[C@@H]2CCC(=O)N[C@H]2c2cnn(C)c2)c2c(c1)C[C@H](C)O2. The average Bonchev–Trinajstić information content (AvgIpc) is 3.24. The van der Waals surface area contributed by atoms with Crippen molar-refractivity contribution in [3.05, 3.63) is 41.2 Å². The zero-order valence-corrected chi connectivity index (χ0v) is 16.0. The number of ether oxygens (including phenoxy) is 2. The van der Waals surface area contributed by atoms with Gasteiger partial charge in [0.25, 0.3) is 0 Å². The Balaban J connectivity index is 1.54. The van der Waals surface area contributed by atoms with Crippen molar-refractivity contribution in [2.45, 2.75) is 50.9 Å². The maximum atomic E-state index is 11.9. The molecule has 27 heavy (non-hydrogen) atoms. The number of benzene rings is 1. The summed E-state index contributed by atoms with van der Waals surface area (Å²) in [4.78, 5) is 11.9. The Bertz CT molecular complexity index is 848. The lowest BCUT2D eigenvalue weighted by Gasteiger charge is -2.32. The van der Waals surface area contributed by atoms with Crippen LogP contribution in [0, 0.1) is 0 Å². The predicted octanol–water partition coefficient (Wildman–Crippen LogP) is 1.86. The first-order valence-corrected chi connectivity index (χ1v) is 9.41. The number of carbonyl (C=O) groups excluding carboxylic acids is 1. The van der Waals surface area contributed by atoms with Crippen LogP contribution in [0.15, 0.2) is 24.5 Å². The molecule has 0 radical (unpaired) electrons. The highest BCUT2D eigenvalue weighted by atomic mass is 16.5. The first kappa shape index (κ1) is 17.9. The van der Waals surface area contributed by atoms with Crippen LogP contribution in [0.25, 0.3) is 0 Å². The summed E-state index contributed by atoms with van der Waals surface area (Å²) in [5.74, 6) is 1.90. The van der Waals surface area contributed by atoms with Crippen molar-refractivity contribution >= 4 is 5.91 Å². The Morgan fingerprint density at radius 2 is 2.30 bits per heavy atom. The van der Waals surface area contributed by atoms with Crippen molar-refractivity contribution in [2.75, 3.05) is 7.11 Å². The summed E-state index contributed by atoms with van der Waals surface area (Å²) in [7, 11) is 3.57. The van der Waals surface area contributed by atoms with E-state index in [-0.39, 0.29) is 24.1 Å². The van der Waals surface area contributed by atoms with Crippen molar-refractivity contribution in [1.29, 1.82) is 0 Å². The molecule has 1 fully saturated rings. The number of hydrogen-bond acceptors (Lipinski definition) is 5. The van der Waals surface area contributed by atoms with E-state index in [1.54, 1.807) is 11.8 Å². The number of nitrogens with one attached hydrogen (secondary N) is 2. The summed E-state index contributed by atoms with van der Waals surface area (Å²) in [5, 5.41) is 11.0. The van der Waals surface area contributed by atoms with Gasteiger partial charge in [0.2, 0.25) is 5.91 Å². The van der Waals surface area contributed by atoms with Crippen molar-refractivity contribution in [3.63, 3.8) is 0 Å². The molecule has 1 aromatic carbocycles. The number of amides is 1. The standard InChI is InChI=1S/C20H26N4O3/c1-12-6-13-7-16(26-3)8-14(20(13)27-12)9-21-17-4-5-18(25)23-19(17)15-10-22-24(2)11-15/h7-8,10-12,17,19,21H,4-6,9H2,1-3H3,(H,23,25)/t12-,17+,19-/m0/s1. The molecule has 7 nitrogen and oxygen atoms in total. The molecule has 0 spiro atoms. The van der Waals surface area contributed by atoms with Gasteiger partial charge < -0.3 is 20.1 Å². The van der Waals surface area contributed by atoms with Gasteiger partial charge in [0.15, 0.2) is 0 Å². The zero-order chi connectivity index (χ0) is 19.0. The number of aryl methyl sites for hydroxylation is 1. The van der Waals surface area contributed by atoms with Crippen LogP contribution in [0.1, 0.15) is 42.5 Å². The van der Waals surface area contributed by atoms with Crippen molar-refractivity contribution in [1.82, 2.24) is 20.4 Å². The third kappa shape index (κ3) is 3.64. The molecule has 0 unspecified atom stereocenters. The molecule has 1 aromatic heterocycles. The number of nitrogens with zero attached hydrogens (tertiary/aromatic N) is 2. The second-order valence-electron chi connectivity index (χ2n) is 7.43. The quantitative estimate of drug-likeness (QED) is 0.840. The molecule has 4 rings (SSSR count). The minimum absolute atomic E-state index is 0.0846. The van der Waals surface area contributed by atoms with Crippen LogP contribution in [-0.2, 0) is 24.8 Å². The molecule has 2 N–H and O–H groups in total. The minimum Gasteiger partial charge on any atom is -0.497 e. The molecular weight excluding hydrogens is 344 g/mol. The van der Waals surface area contributed by atoms with E-state index in [0.29, 0.717) is 13.0 Å². The molecule has 2 aliphatic rings. The Labute approximate surface area is 159 Å². The zero-order valence-electron chi connectivity index (χ0n) is 16.0. The molecule has 144 valence electrons. The largest absolute Gasteiger partial charge is 0.497 e. The molecule has 2 aliphatic heterocycles. The van der Waals surface area contributed by atoms with E-state index in [0.717, 1.165) is 35.5 Å². The summed E-state index contributed by atoms with van der Waals surface area (Å²) in [5.41, 5.74) is 3.30. The molecule has 1 saturated heterocycles. The molecule has 2 aromatic rings. The van der Waals surface area contributed by atoms with E-state index in [2.05, 4.69) is 28.7 Å². The van der Waals surface area contributed by atoms with Crippen LogP contribution in [0.5, 0.6) is 11.5 Å². The normalized spacial score (nSPS) is 24.3. The van der Waals surface area contributed by atoms with E-state index in [4.69, 9.17) is 9.47 Å². The van der Waals surface area contributed by atoms with Crippen LogP contribution >= 0.6 is 0 Å². The number of piperidine rings is 1. The van der Waals surface area contributed by atoms with Gasteiger partial charge in [0.05, 0.1) is 19.3 Å². The Kier molecular flexibility index (Phi) is 4.78. The fraction of sp³-hybridized carbons (Fsp3) is 0.500. The van der Waals surface area contributed by atoms with Gasteiger partial charge in [-0.1, -0.05) is 0 Å². The Morgan fingerprint density at radius 1 is 1.44 bits per heavy atom. The molecule has 1 amide bonds. The lowest BCUT2D eigenvalue weighted by Crippen LogP contribution is -2.48. The van der Waals surface area contributed by atoms with Gasteiger partial charge in [-0.2, -0.15) is 5.10 Å². The molecular formula is C20H26N4O3. The van der Waals surface area contributed by atoms with E-state index in [1.165, 1.54) is 5.56 Å². The third-order valence-electron chi connectivity index (χ3n) is 5.32. The number of aromatic nitrogens is 2. The van der Waals surface area contributed by atoms with Gasteiger partial charge in [0.1, 0.15) is 17.6 Å². The molecule has 0 saturated carbocycles. The molecule has 3 atom stereocenters. The van der Waals surface area contributed by atoms with E-state index in [1.807, 2.05) is 25.5 Å². The maximum Gasteiger partial charge on any atom is 0.220 e. The highest BCUT2D eigenvalue weighted by Gasteiger charge is 2.31. The molecule has 0 bridgehead atoms. The summed E-state index contributed by atoms with van der Waals surface area (Å²) >= 11 is 0. The molecule has 7 heteroatoms. The van der Waals surface area contributed by atoms with Gasteiger partial charge >= 0.3 is 0 Å². The fourth-order valence-corrected chi connectivity index (χ4v) is 4.00. The first-order chi connectivity index (χ1) is 13.0. The predicted molar refractivity (Wildman–Crippen MR) is 101 cm³/mol. The van der Waals surface area contributed by atoms with Gasteiger partial charge in [-0.15, -0.1) is 0 Å². The first-order valence-electron chi connectivity index (χ1n) is 9.41. The van der Waals surface area contributed by atoms with Gasteiger partial charge in [-0.3, -0.25) is 9.48 Å². The average molecular weight is 370 g/mol. The topological polar surface area (TPSA) is 77.4 Å². The lowest BCUT2D eigenvalue weighted by atomic mass is 9.93. The Morgan fingerprint density at radius 3 is 3.04 bits per heavy atom. The van der Waals surface area contributed by atoms with Gasteiger partial charge in [-0.05, 0) is 25.5 Å². The second kappa shape index (κ2) is 7.23. The number of methoxy groups -OCH3 is 1. The number of hydrogen-bond donors (Lipinski definition) is 2. The summed E-state index contributed by atoms with van der Waals surface area (Å²) < 4.78 is 13.3. The van der Waals surface area contributed by atoms with Crippen molar-refractivity contribution < 1.29 is 14.3 Å². The van der Waals surface area contributed by atoms with Gasteiger partial charge in [0, 0.05) is 55.4 Å². The second-order valence-corrected chi connectivity index (χ2v) is 7.43. The number of rotatable bonds is 5. The monoisotopic (exact) mass is 370 g/mol. The molecule has 0 aliphatic carbocycles. The lowest BCUT2D eigenvalue weighted by molar-refractivity contribution is -0.123. The number of fused-ring (bicyclic) bond motifs is 1. The van der Waals surface area contributed by atoms with E-state index < -0.39 is 0 Å². The van der Waals surface area contributed by atoms with Crippen molar-refractivity contribution in [2.24, 2.45) is 7.05 Å². The summed E-state index contributed by atoms with van der Waals surface area (Å²) in [6.45, 7) is 2.74. The fourth-order valence-electron chi connectivity index (χ4n) is 4.00. The molecule has 3 heterocycles. The van der Waals surface area contributed by atoms with Crippen LogP contribution in [0.2, 0.25) is 0 Å². The van der Waals surface area contributed by atoms with Gasteiger partial charge in [-0.25, -0.2) is 0 Å². The van der Waals surface area contributed by atoms with Crippen molar-refractivity contribution in [3.8, 4) is 11.5 Å². The van der Waals surface area contributed by atoms with Crippen LogP contribution in [-0.4, -0.2) is 34.9 Å². The highest BCUT2D eigenvalue weighted by molar-refractivity contribution is 5.77. The van der Waals surface area contributed by atoms with Crippen LogP contribution in [0.3, 0.4) is 0 Å². The summed E-state index contributed by atoms with van der Waals surface area (Å²) in [6.07, 6.45) is 6.17. The van der Waals surface area contributed by atoms with Crippen LogP contribution < -0.4 is 20.1 Å². The maximum absolute atomic E-state index is 11.9. The Hall–Kier alpha value is -2.54. The van der Waals surface area contributed by atoms with E-state index in [9.17, 15) is 4.79 Å². The number of carbonyl (C=O) groups is 1. The van der Waals surface area contributed by atoms with Crippen LogP contribution in [0.4, 0.5) is 0 Å². The van der Waals surface area contributed by atoms with E-state index >= 15 is 0 Å². The smallest absolute Gasteiger partial charge is 0.220 e. The third-order valence-corrected chi connectivity index (χ3v) is 5.32. The summed E-state index contributed by atoms with van der Waals surface area (Å²) in [6, 6.07) is 4.14. The highest BCUT2D eigenvalue weighted by Crippen LogP contribution is 2.36. The minimum atomic E-state index is -0.0848.